The minimum Gasteiger partial charge on any atom is -0.326 e. The van der Waals surface area contributed by atoms with Gasteiger partial charge in [-0.05, 0) is 61.2 Å². The number of hydrogen-bond acceptors (Lipinski definition) is 3. The molecule has 6 heteroatoms. The predicted octanol–water partition coefficient (Wildman–Crippen LogP) is 6.47. The van der Waals surface area contributed by atoms with Crippen molar-refractivity contribution in [1.82, 2.24) is 0 Å². The first-order valence-corrected chi connectivity index (χ1v) is 11.4. The van der Waals surface area contributed by atoms with Gasteiger partial charge >= 0.3 is 0 Å². The van der Waals surface area contributed by atoms with Crippen molar-refractivity contribution < 1.29 is 9.59 Å². The van der Waals surface area contributed by atoms with Gasteiger partial charge in [-0.25, -0.2) is 0 Å². The minimum atomic E-state index is -0.464. The van der Waals surface area contributed by atoms with Crippen LogP contribution in [0.15, 0.2) is 77.7 Å². The molecule has 1 unspecified atom stereocenters. The lowest BCUT2D eigenvalue weighted by atomic mass is 10.1. The molecule has 31 heavy (non-hydrogen) atoms. The number of carbonyl (C=O) groups is 2. The quantitative estimate of drug-likeness (QED) is 0.405. The Morgan fingerprint density at radius 2 is 1.74 bits per heavy atom. The molecule has 158 valence electrons. The van der Waals surface area contributed by atoms with Crippen LogP contribution in [-0.2, 0) is 9.59 Å². The van der Waals surface area contributed by atoms with Crippen LogP contribution in [0.4, 0.5) is 11.4 Å². The van der Waals surface area contributed by atoms with Gasteiger partial charge in [-0.2, -0.15) is 0 Å². The van der Waals surface area contributed by atoms with Crippen LogP contribution >= 0.6 is 23.4 Å². The van der Waals surface area contributed by atoms with Crippen molar-refractivity contribution in [3.8, 4) is 0 Å². The molecule has 3 aromatic rings. The van der Waals surface area contributed by atoms with Gasteiger partial charge in [0.25, 0.3) is 0 Å². The molecular formula is C25H23ClN2O2S. The molecule has 0 aromatic heterocycles. The molecule has 4 nitrogen and oxygen atoms in total. The van der Waals surface area contributed by atoms with Crippen LogP contribution in [0.1, 0.15) is 29.2 Å². The number of nitrogens with one attached hydrogen (secondary N) is 2. The zero-order chi connectivity index (χ0) is 21.8. The van der Waals surface area contributed by atoms with E-state index in [4.69, 9.17) is 11.6 Å². The zero-order valence-corrected chi connectivity index (χ0v) is 18.7. The molecule has 0 bridgehead atoms. The molecule has 1 saturated carbocycles. The van der Waals surface area contributed by atoms with Gasteiger partial charge in [0.1, 0.15) is 5.25 Å². The van der Waals surface area contributed by atoms with Gasteiger partial charge in [0.2, 0.25) is 11.8 Å². The normalized spacial score (nSPS) is 14.0. The molecule has 1 aliphatic rings. The maximum Gasteiger partial charge on any atom is 0.242 e. The third kappa shape index (κ3) is 5.69. The highest BCUT2D eigenvalue weighted by Crippen LogP contribution is 2.38. The number of halogens is 1. The first kappa shape index (κ1) is 21.5. The predicted molar refractivity (Wildman–Crippen MR) is 128 cm³/mol. The first-order valence-electron chi connectivity index (χ1n) is 10.2. The van der Waals surface area contributed by atoms with E-state index in [1.54, 1.807) is 12.1 Å². The number of amides is 2. The molecule has 1 aliphatic carbocycles. The summed E-state index contributed by atoms with van der Waals surface area (Å²) in [4.78, 5) is 26.3. The lowest BCUT2D eigenvalue weighted by molar-refractivity contribution is -0.117. The van der Waals surface area contributed by atoms with Crippen LogP contribution in [0.5, 0.6) is 0 Å². The topological polar surface area (TPSA) is 58.2 Å². The fourth-order valence-electron chi connectivity index (χ4n) is 3.20. The fourth-order valence-corrected chi connectivity index (χ4v) is 4.46. The molecule has 0 saturated heterocycles. The molecule has 0 heterocycles. The first-order chi connectivity index (χ1) is 15.0. The zero-order valence-electron chi connectivity index (χ0n) is 17.1. The monoisotopic (exact) mass is 450 g/mol. The van der Waals surface area contributed by atoms with Crippen molar-refractivity contribution >= 4 is 46.6 Å². The van der Waals surface area contributed by atoms with Gasteiger partial charge in [-0.1, -0.05) is 54.1 Å². The summed E-state index contributed by atoms with van der Waals surface area (Å²) in [5, 5.41) is 6.11. The lowest BCUT2D eigenvalue weighted by Crippen LogP contribution is -2.19. The molecule has 1 atom stereocenters. The maximum atomic E-state index is 13.3. The maximum absolute atomic E-state index is 13.3. The summed E-state index contributed by atoms with van der Waals surface area (Å²) in [5.74, 6) is 0.0741. The average molecular weight is 451 g/mol. The summed E-state index contributed by atoms with van der Waals surface area (Å²) in [7, 11) is 0. The van der Waals surface area contributed by atoms with E-state index in [0.29, 0.717) is 10.7 Å². The second-order valence-electron chi connectivity index (χ2n) is 7.65. The van der Waals surface area contributed by atoms with Crippen molar-refractivity contribution in [2.75, 3.05) is 10.6 Å². The van der Waals surface area contributed by atoms with Gasteiger partial charge in [0, 0.05) is 27.2 Å². The van der Waals surface area contributed by atoms with Crippen LogP contribution in [0.25, 0.3) is 0 Å². The third-order valence-corrected chi connectivity index (χ3v) is 6.58. The number of benzene rings is 3. The third-order valence-electron chi connectivity index (χ3n) is 5.10. The van der Waals surface area contributed by atoms with Crippen molar-refractivity contribution in [2.24, 2.45) is 5.92 Å². The number of aryl methyl sites for hydroxylation is 1. The van der Waals surface area contributed by atoms with E-state index >= 15 is 0 Å². The van der Waals surface area contributed by atoms with E-state index in [2.05, 4.69) is 10.6 Å². The highest BCUT2D eigenvalue weighted by atomic mass is 35.5. The van der Waals surface area contributed by atoms with Gasteiger partial charge in [-0.15, -0.1) is 11.8 Å². The summed E-state index contributed by atoms with van der Waals surface area (Å²) in [5.41, 5.74) is 3.29. The number of thioether (sulfide) groups is 1. The fraction of sp³-hybridized carbons (Fsp3) is 0.200. The van der Waals surface area contributed by atoms with Crippen molar-refractivity contribution in [3.63, 3.8) is 0 Å². The number of anilines is 2. The Kier molecular flexibility index (Phi) is 6.64. The summed E-state index contributed by atoms with van der Waals surface area (Å²) in [6.45, 7) is 1.93. The van der Waals surface area contributed by atoms with E-state index in [1.165, 1.54) is 11.8 Å². The summed E-state index contributed by atoms with van der Waals surface area (Å²) in [6.07, 6.45) is 1.92. The van der Waals surface area contributed by atoms with E-state index in [1.807, 2.05) is 67.6 Å². The largest absolute Gasteiger partial charge is 0.326 e. The Bertz CT molecular complexity index is 1100. The van der Waals surface area contributed by atoms with E-state index in [0.717, 1.165) is 34.6 Å². The Hall–Kier alpha value is -2.76. The highest BCUT2D eigenvalue weighted by Gasteiger charge is 2.29. The van der Waals surface area contributed by atoms with Crippen LogP contribution in [0.2, 0.25) is 5.02 Å². The van der Waals surface area contributed by atoms with Gasteiger partial charge in [0.15, 0.2) is 0 Å². The second kappa shape index (κ2) is 9.58. The average Bonchev–Trinajstić information content (AvgIpc) is 3.61. The number of rotatable bonds is 7. The Morgan fingerprint density at radius 3 is 2.48 bits per heavy atom. The summed E-state index contributed by atoms with van der Waals surface area (Å²) in [6, 6.07) is 22.7. The molecule has 2 amide bonds. The smallest absolute Gasteiger partial charge is 0.242 e. The van der Waals surface area contributed by atoms with Crippen molar-refractivity contribution in [2.45, 2.75) is 29.9 Å². The SMILES string of the molecule is Cc1ccc(Cl)cc1NC(=O)C(Sc1cccc(NC(=O)C2CC2)c1)c1ccccc1. The number of carbonyl (C=O) groups excluding carboxylic acids is 2. The molecule has 0 aliphatic heterocycles. The van der Waals surface area contributed by atoms with E-state index in [-0.39, 0.29) is 17.7 Å². The van der Waals surface area contributed by atoms with E-state index in [9.17, 15) is 9.59 Å². The van der Waals surface area contributed by atoms with Crippen LogP contribution in [0, 0.1) is 12.8 Å². The number of hydrogen-bond donors (Lipinski definition) is 2. The summed E-state index contributed by atoms with van der Waals surface area (Å²) < 4.78 is 0. The molecule has 1 fully saturated rings. The minimum absolute atomic E-state index is 0.0657. The molecule has 0 spiro atoms. The van der Waals surface area contributed by atoms with Gasteiger partial charge in [0.05, 0.1) is 0 Å². The molecule has 2 N–H and O–H groups in total. The summed E-state index contributed by atoms with van der Waals surface area (Å²) >= 11 is 7.57. The standard InChI is InChI=1S/C25H23ClN2O2S/c1-16-10-13-19(26)14-22(16)28-25(30)23(17-6-3-2-4-7-17)31-21-9-5-8-20(15-21)27-24(29)18-11-12-18/h2-10,13-15,18,23H,11-12H2,1H3,(H,27,29)(H,28,30). The molecule has 0 radical (unpaired) electrons. The Morgan fingerprint density at radius 1 is 0.968 bits per heavy atom. The lowest BCUT2D eigenvalue weighted by Gasteiger charge is -2.18. The molecule has 3 aromatic carbocycles. The molecular weight excluding hydrogens is 428 g/mol. The van der Waals surface area contributed by atoms with Gasteiger partial charge in [-0.3, -0.25) is 9.59 Å². The Balaban J connectivity index is 1.56. The van der Waals surface area contributed by atoms with Crippen molar-refractivity contribution in [3.05, 3.63) is 88.9 Å². The van der Waals surface area contributed by atoms with Gasteiger partial charge < -0.3 is 10.6 Å². The van der Waals surface area contributed by atoms with Crippen molar-refractivity contribution in [1.29, 1.82) is 0 Å². The molecule has 4 rings (SSSR count). The second-order valence-corrected chi connectivity index (χ2v) is 9.26. The highest BCUT2D eigenvalue weighted by molar-refractivity contribution is 8.00. The van der Waals surface area contributed by atoms with Crippen LogP contribution < -0.4 is 10.6 Å². The van der Waals surface area contributed by atoms with Crippen LogP contribution in [-0.4, -0.2) is 11.8 Å². The Labute approximate surface area is 191 Å². The van der Waals surface area contributed by atoms with Crippen LogP contribution in [0.3, 0.4) is 0 Å². The van der Waals surface area contributed by atoms with E-state index < -0.39 is 5.25 Å².